The van der Waals surface area contributed by atoms with E-state index in [2.05, 4.69) is 10.3 Å². The highest BCUT2D eigenvalue weighted by atomic mass is 32.2. The number of carbonyl (C=O) groups is 1. The zero-order valence-corrected chi connectivity index (χ0v) is 11.2. The third-order valence-corrected chi connectivity index (χ3v) is 3.35. The van der Waals surface area contributed by atoms with Crippen LogP contribution in [0.3, 0.4) is 0 Å². The Kier molecular flexibility index (Phi) is 5.20. The second kappa shape index (κ2) is 7.13. The quantitative estimate of drug-likeness (QED) is 0.842. The number of nitrogens with zero attached hydrogens (tertiary/aromatic N) is 1. The first-order chi connectivity index (χ1) is 9.24. The van der Waals surface area contributed by atoms with Gasteiger partial charge in [-0.3, -0.25) is 9.79 Å². The van der Waals surface area contributed by atoms with Crippen molar-refractivity contribution < 1.29 is 13.9 Å². The maximum absolute atomic E-state index is 12.7. The smallest absolute Gasteiger partial charge is 0.226 e. The Balaban J connectivity index is 1.61. The molecular formula is C13H15FN2O2S. The van der Waals surface area contributed by atoms with Gasteiger partial charge in [0.05, 0.1) is 13.2 Å². The zero-order valence-electron chi connectivity index (χ0n) is 10.4. The van der Waals surface area contributed by atoms with Crippen LogP contribution in [0.1, 0.15) is 12.8 Å². The molecule has 0 atom stereocenters. The fraction of sp³-hybridized carbons (Fsp3) is 0.385. The van der Waals surface area contributed by atoms with E-state index in [4.69, 9.17) is 4.74 Å². The number of hydrogen-bond donors (Lipinski definition) is 1. The molecule has 1 aliphatic rings. The molecule has 4 nitrogen and oxygen atoms in total. The van der Waals surface area contributed by atoms with Gasteiger partial charge in [-0.05, 0) is 30.7 Å². The summed E-state index contributed by atoms with van der Waals surface area (Å²) in [4.78, 5) is 15.7. The first-order valence-corrected chi connectivity index (χ1v) is 7.08. The molecule has 0 spiro atoms. The fourth-order valence-corrected chi connectivity index (χ4v) is 2.29. The van der Waals surface area contributed by atoms with Crippen molar-refractivity contribution in [2.75, 3.05) is 18.9 Å². The van der Waals surface area contributed by atoms with Gasteiger partial charge in [-0.25, -0.2) is 4.39 Å². The molecule has 0 fully saturated rings. The molecule has 1 aromatic rings. The summed E-state index contributed by atoms with van der Waals surface area (Å²) in [6.07, 6.45) is 1.00. The second-order valence-electron chi connectivity index (χ2n) is 3.99. The number of rotatable bonds is 5. The Morgan fingerprint density at radius 2 is 2.21 bits per heavy atom. The lowest BCUT2D eigenvalue weighted by Gasteiger charge is -2.06. The Morgan fingerprint density at radius 1 is 1.42 bits per heavy atom. The first-order valence-electron chi connectivity index (χ1n) is 6.09. The van der Waals surface area contributed by atoms with E-state index in [1.54, 1.807) is 23.9 Å². The summed E-state index contributed by atoms with van der Waals surface area (Å²) < 4.78 is 18.1. The maximum Gasteiger partial charge on any atom is 0.226 e. The van der Waals surface area contributed by atoms with Crippen LogP contribution in [0.15, 0.2) is 29.3 Å². The van der Waals surface area contributed by atoms with Crippen LogP contribution in [0, 0.1) is 5.82 Å². The molecular weight excluding hydrogens is 267 g/mol. The average molecular weight is 282 g/mol. The number of carbonyl (C=O) groups excluding carboxylic acids is 1. The predicted molar refractivity (Wildman–Crippen MR) is 74.0 cm³/mol. The molecule has 1 aliphatic heterocycles. The molecule has 2 rings (SSSR count). The molecule has 0 bridgehead atoms. The van der Waals surface area contributed by atoms with Gasteiger partial charge >= 0.3 is 0 Å². The van der Waals surface area contributed by atoms with Crippen LogP contribution in [0.2, 0.25) is 0 Å². The minimum absolute atomic E-state index is 0.0455. The molecule has 0 aromatic heterocycles. The van der Waals surface area contributed by atoms with Crippen LogP contribution in [-0.2, 0) is 4.79 Å². The lowest BCUT2D eigenvalue weighted by molar-refractivity contribution is -0.119. The van der Waals surface area contributed by atoms with Gasteiger partial charge in [0.25, 0.3) is 0 Å². The molecule has 0 saturated heterocycles. The van der Waals surface area contributed by atoms with Gasteiger partial charge in [0.1, 0.15) is 11.6 Å². The molecule has 0 aliphatic carbocycles. The van der Waals surface area contributed by atoms with Crippen molar-refractivity contribution in [3.63, 3.8) is 0 Å². The largest absolute Gasteiger partial charge is 0.494 e. The van der Waals surface area contributed by atoms with Crippen molar-refractivity contribution >= 4 is 22.8 Å². The van der Waals surface area contributed by atoms with E-state index < -0.39 is 0 Å². The van der Waals surface area contributed by atoms with E-state index in [1.807, 2.05) is 0 Å². The third kappa shape index (κ3) is 4.90. The lowest BCUT2D eigenvalue weighted by Crippen LogP contribution is -2.27. The van der Waals surface area contributed by atoms with Gasteiger partial charge in [-0.1, -0.05) is 11.8 Å². The van der Waals surface area contributed by atoms with Crippen LogP contribution in [0.4, 0.5) is 4.39 Å². The van der Waals surface area contributed by atoms with Crippen molar-refractivity contribution in [2.24, 2.45) is 4.99 Å². The fourth-order valence-electron chi connectivity index (χ4n) is 1.55. The van der Waals surface area contributed by atoms with Crippen LogP contribution < -0.4 is 10.1 Å². The molecule has 0 saturated carbocycles. The standard InChI is InChI=1S/C13H15FN2O2S/c14-10-3-5-11(6-4-10)18-8-1-2-12(17)16-13-15-7-9-19-13/h3-6H,1-2,7-9H2,(H,15,16,17). The van der Waals surface area contributed by atoms with E-state index in [0.717, 1.165) is 12.3 Å². The van der Waals surface area contributed by atoms with Crippen LogP contribution in [0.25, 0.3) is 0 Å². The lowest BCUT2D eigenvalue weighted by atomic mass is 10.3. The van der Waals surface area contributed by atoms with Gasteiger partial charge in [-0.15, -0.1) is 0 Å². The normalized spacial score (nSPS) is 14.1. The minimum atomic E-state index is -0.290. The van der Waals surface area contributed by atoms with Gasteiger partial charge in [0.15, 0.2) is 5.17 Å². The van der Waals surface area contributed by atoms with Gasteiger partial charge in [0.2, 0.25) is 5.91 Å². The van der Waals surface area contributed by atoms with Crippen molar-refractivity contribution in [3.05, 3.63) is 30.1 Å². The number of amides is 1. The number of benzene rings is 1. The van der Waals surface area contributed by atoms with Crippen molar-refractivity contribution in [3.8, 4) is 5.75 Å². The van der Waals surface area contributed by atoms with E-state index in [0.29, 0.717) is 30.4 Å². The Hall–Kier alpha value is -1.56. The number of thioether (sulfide) groups is 1. The predicted octanol–water partition coefficient (Wildman–Crippen LogP) is 2.20. The van der Waals surface area contributed by atoms with Gasteiger partial charge in [0, 0.05) is 12.2 Å². The average Bonchev–Trinajstić information content (AvgIpc) is 2.89. The summed E-state index contributed by atoms with van der Waals surface area (Å²) in [6, 6.07) is 5.83. The first kappa shape index (κ1) is 13.9. The van der Waals surface area contributed by atoms with Crippen LogP contribution >= 0.6 is 11.8 Å². The topological polar surface area (TPSA) is 50.7 Å². The molecule has 102 valence electrons. The summed E-state index contributed by atoms with van der Waals surface area (Å²) in [5, 5.41) is 3.47. The molecule has 1 heterocycles. The Bertz CT molecular complexity index is 462. The zero-order chi connectivity index (χ0) is 13.5. The molecule has 1 amide bonds. The minimum Gasteiger partial charge on any atom is -0.494 e. The number of amidine groups is 1. The maximum atomic E-state index is 12.7. The van der Waals surface area contributed by atoms with Gasteiger partial charge in [-0.2, -0.15) is 0 Å². The van der Waals surface area contributed by atoms with Crippen molar-refractivity contribution in [2.45, 2.75) is 12.8 Å². The summed E-state index contributed by atoms with van der Waals surface area (Å²) >= 11 is 1.56. The molecule has 1 N–H and O–H groups in total. The highest BCUT2D eigenvalue weighted by molar-refractivity contribution is 8.14. The monoisotopic (exact) mass is 282 g/mol. The number of ether oxygens (including phenoxy) is 1. The van der Waals surface area contributed by atoms with Crippen molar-refractivity contribution in [1.82, 2.24) is 5.32 Å². The number of aliphatic imine (C=N–C) groups is 1. The van der Waals surface area contributed by atoms with Crippen LogP contribution in [0.5, 0.6) is 5.75 Å². The number of hydrogen-bond acceptors (Lipinski definition) is 4. The molecule has 6 heteroatoms. The van der Waals surface area contributed by atoms with E-state index in [-0.39, 0.29) is 11.7 Å². The summed E-state index contributed by atoms with van der Waals surface area (Å²) in [7, 11) is 0. The SMILES string of the molecule is O=C(CCCOc1ccc(F)cc1)NC1=NCCS1. The van der Waals surface area contributed by atoms with Crippen LogP contribution in [-0.4, -0.2) is 30.0 Å². The molecule has 0 unspecified atom stereocenters. The Labute approximate surface area is 115 Å². The summed E-state index contributed by atoms with van der Waals surface area (Å²) in [5.74, 6) is 1.21. The third-order valence-electron chi connectivity index (χ3n) is 2.46. The van der Waals surface area contributed by atoms with E-state index >= 15 is 0 Å². The number of nitrogens with one attached hydrogen (secondary N) is 1. The number of halogens is 1. The highest BCUT2D eigenvalue weighted by Crippen LogP contribution is 2.12. The molecule has 19 heavy (non-hydrogen) atoms. The second-order valence-corrected chi connectivity index (χ2v) is 5.07. The van der Waals surface area contributed by atoms with Gasteiger partial charge < -0.3 is 10.1 Å². The summed E-state index contributed by atoms with van der Waals surface area (Å²) in [5.41, 5.74) is 0. The van der Waals surface area contributed by atoms with E-state index in [1.165, 1.54) is 12.1 Å². The molecule has 1 aromatic carbocycles. The Morgan fingerprint density at radius 3 is 2.89 bits per heavy atom. The van der Waals surface area contributed by atoms with E-state index in [9.17, 15) is 9.18 Å². The molecule has 0 radical (unpaired) electrons. The van der Waals surface area contributed by atoms with Crippen molar-refractivity contribution in [1.29, 1.82) is 0 Å². The highest BCUT2D eigenvalue weighted by Gasteiger charge is 2.10. The summed E-state index contributed by atoms with van der Waals surface area (Å²) in [6.45, 7) is 1.20.